The molecular formula is C23H25ClN2O3S2. The Bertz CT molecular complexity index is 1020. The topological polar surface area (TPSA) is 51.7 Å². The Morgan fingerprint density at radius 1 is 1.32 bits per heavy atom. The van der Waals surface area contributed by atoms with Crippen molar-refractivity contribution in [3.63, 3.8) is 0 Å². The molecule has 1 fully saturated rings. The number of nitrogens with zero attached hydrogens (tertiary/aromatic N) is 2. The summed E-state index contributed by atoms with van der Waals surface area (Å²) < 4.78 is 12.2. The molecule has 0 aliphatic carbocycles. The van der Waals surface area contributed by atoms with Crippen LogP contribution in [0.3, 0.4) is 0 Å². The number of hydrogen-bond acceptors (Lipinski definition) is 6. The number of methoxy groups -OCH3 is 1. The molecule has 2 heterocycles. The normalized spacial score (nSPS) is 16.0. The molecule has 0 saturated carbocycles. The molecule has 5 nitrogen and oxygen atoms in total. The minimum Gasteiger partial charge on any atom is -0.497 e. The van der Waals surface area contributed by atoms with Gasteiger partial charge in [-0.15, -0.1) is 11.8 Å². The molecule has 0 radical (unpaired) electrons. The highest BCUT2D eigenvalue weighted by Gasteiger charge is 2.26. The Balaban J connectivity index is 1.42. The molecule has 0 N–H and O–H groups in total. The summed E-state index contributed by atoms with van der Waals surface area (Å²) in [5, 5.41) is 1.46. The van der Waals surface area contributed by atoms with E-state index in [0.717, 1.165) is 62.6 Å². The van der Waals surface area contributed by atoms with Crippen LogP contribution in [0.25, 0.3) is 10.2 Å². The van der Waals surface area contributed by atoms with Crippen LogP contribution in [0.1, 0.15) is 25.7 Å². The van der Waals surface area contributed by atoms with Crippen LogP contribution in [0.2, 0.25) is 5.02 Å². The number of anilines is 1. The number of benzene rings is 2. The standard InChI is InChI=1S/C23H25ClN2O3S2/c1-28-17-8-11-21-20(14-17)25-23(31-21)26(15-18-4-2-12-29-18)22(27)5-3-13-30-19-9-6-16(24)7-10-19/h6-11,14,18H,2-5,12-13,15H2,1H3. The van der Waals surface area contributed by atoms with Crippen molar-refractivity contribution >= 4 is 56.0 Å². The van der Waals surface area contributed by atoms with Gasteiger partial charge in [-0.05, 0) is 61.4 Å². The summed E-state index contributed by atoms with van der Waals surface area (Å²) in [6.45, 7) is 1.32. The third kappa shape index (κ3) is 5.92. The molecule has 8 heteroatoms. The fourth-order valence-corrected chi connectivity index (χ4v) is 5.45. The van der Waals surface area contributed by atoms with Crippen molar-refractivity contribution in [3.05, 3.63) is 47.5 Å². The van der Waals surface area contributed by atoms with Gasteiger partial charge in [0, 0.05) is 29.0 Å². The van der Waals surface area contributed by atoms with Crippen LogP contribution >= 0.6 is 34.7 Å². The maximum Gasteiger partial charge on any atom is 0.228 e. The molecule has 164 valence electrons. The van der Waals surface area contributed by atoms with Crippen molar-refractivity contribution in [2.45, 2.75) is 36.7 Å². The highest BCUT2D eigenvalue weighted by atomic mass is 35.5. The summed E-state index contributed by atoms with van der Waals surface area (Å²) in [5.74, 6) is 1.73. The van der Waals surface area contributed by atoms with E-state index in [0.29, 0.717) is 13.0 Å². The average molecular weight is 477 g/mol. The fraction of sp³-hybridized carbons (Fsp3) is 0.391. The van der Waals surface area contributed by atoms with Gasteiger partial charge >= 0.3 is 0 Å². The third-order valence-electron chi connectivity index (χ3n) is 5.14. The minimum atomic E-state index is 0.0777. The molecule has 1 saturated heterocycles. The lowest BCUT2D eigenvalue weighted by Gasteiger charge is -2.23. The van der Waals surface area contributed by atoms with Crippen LogP contribution in [0, 0.1) is 0 Å². The van der Waals surface area contributed by atoms with Crippen molar-refractivity contribution in [2.75, 3.05) is 30.9 Å². The van der Waals surface area contributed by atoms with E-state index in [9.17, 15) is 4.79 Å². The van der Waals surface area contributed by atoms with E-state index in [1.54, 1.807) is 18.9 Å². The van der Waals surface area contributed by atoms with Gasteiger partial charge in [-0.25, -0.2) is 4.98 Å². The summed E-state index contributed by atoms with van der Waals surface area (Å²) in [4.78, 5) is 20.9. The second kappa shape index (κ2) is 10.7. The van der Waals surface area contributed by atoms with Crippen molar-refractivity contribution in [1.29, 1.82) is 0 Å². The molecule has 1 atom stereocenters. The first-order valence-electron chi connectivity index (χ1n) is 10.4. The van der Waals surface area contributed by atoms with Gasteiger partial charge in [0.15, 0.2) is 5.13 Å². The molecule has 2 aromatic carbocycles. The van der Waals surface area contributed by atoms with Gasteiger partial charge in [0.1, 0.15) is 5.75 Å². The van der Waals surface area contributed by atoms with E-state index in [-0.39, 0.29) is 12.0 Å². The molecule has 0 spiro atoms. The monoisotopic (exact) mass is 476 g/mol. The molecule has 3 aromatic rings. The molecule has 31 heavy (non-hydrogen) atoms. The number of carbonyl (C=O) groups is 1. The Hall–Kier alpha value is -1.80. The minimum absolute atomic E-state index is 0.0777. The van der Waals surface area contributed by atoms with E-state index in [4.69, 9.17) is 26.1 Å². The van der Waals surface area contributed by atoms with Crippen LogP contribution < -0.4 is 9.64 Å². The van der Waals surface area contributed by atoms with Gasteiger partial charge < -0.3 is 9.47 Å². The van der Waals surface area contributed by atoms with Crippen molar-refractivity contribution < 1.29 is 14.3 Å². The van der Waals surface area contributed by atoms with Gasteiger partial charge in [0.05, 0.1) is 30.0 Å². The smallest absolute Gasteiger partial charge is 0.228 e. The number of ether oxygens (including phenoxy) is 2. The van der Waals surface area contributed by atoms with Crippen LogP contribution in [-0.2, 0) is 9.53 Å². The zero-order chi connectivity index (χ0) is 21.6. The molecule has 1 aromatic heterocycles. The van der Waals surface area contributed by atoms with E-state index in [1.807, 2.05) is 47.4 Å². The molecule has 0 bridgehead atoms. The molecule has 1 amide bonds. The number of rotatable bonds is 9. The second-order valence-electron chi connectivity index (χ2n) is 7.38. The van der Waals surface area contributed by atoms with E-state index < -0.39 is 0 Å². The highest BCUT2D eigenvalue weighted by molar-refractivity contribution is 7.99. The van der Waals surface area contributed by atoms with Crippen LogP contribution in [0.4, 0.5) is 5.13 Å². The summed E-state index contributed by atoms with van der Waals surface area (Å²) in [6.07, 6.45) is 3.38. The number of aromatic nitrogens is 1. The highest BCUT2D eigenvalue weighted by Crippen LogP contribution is 2.32. The zero-order valence-electron chi connectivity index (χ0n) is 17.4. The average Bonchev–Trinajstić information content (AvgIpc) is 3.45. The number of fused-ring (bicyclic) bond motifs is 1. The lowest BCUT2D eigenvalue weighted by molar-refractivity contribution is -0.119. The van der Waals surface area contributed by atoms with E-state index in [2.05, 4.69) is 0 Å². The van der Waals surface area contributed by atoms with Crippen molar-refractivity contribution in [2.24, 2.45) is 0 Å². The lowest BCUT2D eigenvalue weighted by Crippen LogP contribution is -2.37. The first-order chi connectivity index (χ1) is 15.1. The Morgan fingerprint density at radius 3 is 2.90 bits per heavy atom. The summed E-state index contributed by atoms with van der Waals surface area (Å²) in [5.41, 5.74) is 0.850. The Morgan fingerprint density at radius 2 is 2.16 bits per heavy atom. The number of carbonyl (C=O) groups excluding carboxylic acids is 1. The number of thioether (sulfide) groups is 1. The van der Waals surface area contributed by atoms with E-state index in [1.165, 1.54) is 11.3 Å². The first-order valence-corrected chi connectivity index (χ1v) is 12.6. The maximum absolute atomic E-state index is 13.2. The lowest BCUT2D eigenvalue weighted by atomic mass is 10.2. The summed E-state index contributed by atoms with van der Waals surface area (Å²) in [7, 11) is 1.64. The van der Waals surface area contributed by atoms with Gasteiger partial charge in [-0.1, -0.05) is 22.9 Å². The SMILES string of the molecule is COc1ccc2sc(N(CC3CCCO3)C(=O)CCCSc3ccc(Cl)cc3)nc2c1. The number of amides is 1. The van der Waals surface area contributed by atoms with Crippen LogP contribution in [0.5, 0.6) is 5.75 Å². The zero-order valence-corrected chi connectivity index (χ0v) is 19.8. The molecule has 1 aliphatic rings. The Labute approximate surface area is 195 Å². The maximum atomic E-state index is 13.2. The predicted octanol–water partition coefficient (Wildman–Crippen LogP) is 6.04. The van der Waals surface area contributed by atoms with Gasteiger partial charge in [-0.2, -0.15) is 0 Å². The summed E-state index contributed by atoms with van der Waals surface area (Å²) in [6, 6.07) is 13.6. The Kier molecular flexibility index (Phi) is 7.72. The fourth-order valence-electron chi connectivity index (χ4n) is 3.50. The molecule has 4 rings (SSSR count). The quantitative estimate of drug-likeness (QED) is 0.278. The number of hydrogen-bond donors (Lipinski definition) is 0. The number of thiazole rings is 1. The van der Waals surface area contributed by atoms with Gasteiger partial charge in [-0.3, -0.25) is 9.69 Å². The third-order valence-corrected chi connectivity index (χ3v) is 7.55. The summed E-state index contributed by atoms with van der Waals surface area (Å²) >= 11 is 9.22. The van der Waals surface area contributed by atoms with Gasteiger partial charge in [0.2, 0.25) is 5.91 Å². The largest absolute Gasteiger partial charge is 0.497 e. The first kappa shape index (κ1) is 22.4. The van der Waals surface area contributed by atoms with Crippen LogP contribution in [-0.4, -0.2) is 43.0 Å². The van der Waals surface area contributed by atoms with Crippen LogP contribution in [0.15, 0.2) is 47.4 Å². The molecular weight excluding hydrogens is 452 g/mol. The van der Waals surface area contributed by atoms with Crippen molar-refractivity contribution in [3.8, 4) is 5.75 Å². The predicted molar refractivity (Wildman–Crippen MR) is 129 cm³/mol. The number of halogens is 1. The van der Waals surface area contributed by atoms with Crippen molar-refractivity contribution in [1.82, 2.24) is 4.98 Å². The second-order valence-corrected chi connectivity index (χ2v) is 9.99. The molecule has 1 unspecified atom stereocenters. The molecule has 1 aliphatic heterocycles. The van der Waals surface area contributed by atoms with Gasteiger partial charge in [0.25, 0.3) is 0 Å². The van der Waals surface area contributed by atoms with E-state index >= 15 is 0 Å².